The second kappa shape index (κ2) is 6.02. The third-order valence-electron chi connectivity index (χ3n) is 3.06. The zero-order chi connectivity index (χ0) is 12.1. The summed E-state index contributed by atoms with van der Waals surface area (Å²) >= 11 is 1.78. The monoisotopic (exact) mass is 254 g/mol. The number of thiophene rings is 1. The molecule has 94 valence electrons. The standard InChI is InChI=1S/C12H18N2O2S/c15-12(16)4-1-5-13-6-8-14(9-7-13)11-3-2-10-17-11/h2-3,10H,1,4-9H2,(H,15,16). The van der Waals surface area contributed by atoms with E-state index >= 15 is 0 Å². The quantitative estimate of drug-likeness (QED) is 0.869. The van der Waals surface area contributed by atoms with E-state index in [9.17, 15) is 4.79 Å². The van der Waals surface area contributed by atoms with Crippen molar-refractivity contribution in [1.29, 1.82) is 0 Å². The number of rotatable bonds is 5. The molecule has 5 heteroatoms. The van der Waals surface area contributed by atoms with Crippen LogP contribution in [0.1, 0.15) is 12.8 Å². The predicted molar refractivity (Wildman–Crippen MR) is 69.8 cm³/mol. The number of hydrogen-bond acceptors (Lipinski definition) is 4. The molecule has 0 unspecified atom stereocenters. The molecule has 2 heterocycles. The van der Waals surface area contributed by atoms with E-state index in [2.05, 4.69) is 27.3 Å². The Balaban J connectivity index is 1.69. The smallest absolute Gasteiger partial charge is 0.303 e. The minimum Gasteiger partial charge on any atom is -0.481 e. The lowest BCUT2D eigenvalue weighted by Crippen LogP contribution is -2.46. The molecule has 2 rings (SSSR count). The van der Waals surface area contributed by atoms with Crippen LogP contribution in [0.4, 0.5) is 5.00 Å². The molecule has 0 radical (unpaired) electrons. The number of piperazine rings is 1. The fourth-order valence-corrected chi connectivity index (χ4v) is 2.88. The van der Waals surface area contributed by atoms with E-state index in [-0.39, 0.29) is 6.42 Å². The first-order valence-corrected chi connectivity index (χ1v) is 6.86. The third kappa shape index (κ3) is 3.71. The van der Waals surface area contributed by atoms with E-state index in [0.29, 0.717) is 0 Å². The van der Waals surface area contributed by atoms with Gasteiger partial charge >= 0.3 is 5.97 Å². The van der Waals surface area contributed by atoms with Gasteiger partial charge in [-0.25, -0.2) is 0 Å². The van der Waals surface area contributed by atoms with Crippen LogP contribution in [0.3, 0.4) is 0 Å². The second-order valence-corrected chi connectivity index (χ2v) is 5.20. The summed E-state index contributed by atoms with van der Waals surface area (Å²) in [5, 5.41) is 12.0. The maximum Gasteiger partial charge on any atom is 0.303 e. The van der Waals surface area contributed by atoms with Gasteiger partial charge in [-0.15, -0.1) is 11.3 Å². The van der Waals surface area contributed by atoms with Crippen molar-refractivity contribution in [1.82, 2.24) is 4.90 Å². The molecule has 4 nitrogen and oxygen atoms in total. The minimum atomic E-state index is -0.692. The number of carboxylic acid groups (broad SMARTS) is 1. The highest BCUT2D eigenvalue weighted by molar-refractivity contribution is 7.14. The molecule has 0 atom stereocenters. The van der Waals surface area contributed by atoms with Crippen LogP contribution in [0, 0.1) is 0 Å². The molecule has 1 aromatic rings. The van der Waals surface area contributed by atoms with Crippen molar-refractivity contribution < 1.29 is 9.90 Å². The molecular weight excluding hydrogens is 236 g/mol. The molecule has 1 aliphatic heterocycles. The Morgan fingerprint density at radius 2 is 2.12 bits per heavy atom. The maximum atomic E-state index is 10.4. The van der Waals surface area contributed by atoms with Gasteiger partial charge in [-0.3, -0.25) is 9.69 Å². The number of carbonyl (C=O) groups is 1. The highest BCUT2D eigenvalue weighted by Gasteiger charge is 2.17. The number of nitrogens with zero attached hydrogens (tertiary/aromatic N) is 2. The summed E-state index contributed by atoms with van der Waals surface area (Å²) in [5.41, 5.74) is 0. The fraction of sp³-hybridized carbons (Fsp3) is 0.583. The van der Waals surface area contributed by atoms with Gasteiger partial charge in [-0.1, -0.05) is 0 Å². The second-order valence-electron chi connectivity index (χ2n) is 4.28. The first kappa shape index (κ1) is 12.4. The summed E-state index contributed by atoms with van der Waals surface area (Å²) in [6.07, 6.45) is 1.04. The zero-order valence-corrected chi connectivity index (χ0v) is 10.7. The van der Waals surface area contributed by atoms with Gasteiger partial charge in [0.2, 0.25) is 0 Å². The Bertz CT molecular complexity index is 345. The fourth-order valence-electron chi connectivity index (χ4n) is 2.10. The normalized spacial score (nSPS) is 17.3. The number of carboxylic acids is 1. The molecule has 0 spiro atoms. The lowest BCUT2D eigenvalue weighted by molar-refractivity contribution is -0.137. The van der Waals surface area contributed by atoms with Crippen LogP contribution in [-0.2, 0) is 4.79 Å². The molecule has 1 aromatic heterocycles. The Morgan fingerprint density at radius 3 is 2.71 bits per heavy atom. The summed E-state index contributed by atoms with van der Waals surface area (Å²) in [4.78, 5) is 15.2. The van der Waals surface area contributed by atoms with Crippen molar-refractivity contribution in [2.45, 2.75) is 12.8 Å². The van der Waals surface area contributed by atoms with E-state index in [4.69, 9.17) is 5.11 Å². The third-order valence-corrected chi connectivity index (χ3v) is 3.98. The molecule has 0 bridgehead atoms. The van der Waals surface area contributed by atoms with E-state index in [1.165, 1.54) is 5.00 Å². The lowest BCUT2D eigenvalue weighted by atomic mass is 10.2. The van der Waals surface area contributed by atoms with Crippen molar-refractivity contribution in [3.63, 3.8) is 0 Å². The Morgan fingerprint density at radius 1 is 1.35 bits per heavy atom. The van der Waals surface area contributed by atoms with Gasteiger partial charge in [0.1, 0.15) is 0 Å². The van der Waals surface area contributed by atoms with Crippen LogP contribution < -0.4 is 4.90 Å². The van der Waals surface area contributed by atoms with Gasteiger partial charge in [0.25, 0.3) is 0 Å². The van der Waals surface area contributed by atoms with Gasteiger partial charge in [-0.2, -0.15) is 0 Å². The summed E-state index contributed by atoms with van der Waals surface area (Å²) in [7, 11) is 0. The molecule has 17 heavy (non-hydrogen) atoms. The number of hydrogen-bond donors (Lipinski definition) is 1. The molecule has 0 saturated carbocycles. The van der Waals surface area contributed by atoms with Crippen LogP contribution >= 0.6 is 11.3 Å². The SMILES string of the molecule is O=C(O)CCCN1CCN(c2cccs2)CC1. The first-order chi connectivity index (χ1) is 8.25. The summed E-state index contributed by atoms with van der Waals surface area (Å²) in [5.74, 6) is -0.692. The van der Waals surface area contributed by atoms with Crippen molar-refractivity contribution in [2.24, 2.45) is 0 Å². The Kier molecular flexibility index (Phi) is 4.39. The van der Waals surface area contributed by atoms with Gasteiger partial charge in [0, 0.05) is 32.6 Å². The summed E-state index contributed by atoms with van der Waals surface area (Å²) < 4.78 is 0. The highest BCUT2D eigenvalue weighted by Crippen LogP contribution is 2.22. The first-order valence-electron chi connectivity index (χ1n) is 5.98. The van der Waals surface area contributed by atoms with E-state index in [0.717, 1.165) is 39.1 Å². The number of aliphatic carboxylic acids is 1. The Hall–Kier alpha value is -1.07. The van der Waals surface area contributed by atoms with Crippen LogP contribution in [0.5, 0.6) is 0 Å². The van der Waals surface area contributed by atoms with Crippen molar-refractivity contribution in [2.75, 3.05) is 37.6 Å². The highest BCUT2D eigenvalue weighted by atomic mass is 32.1. The van der Waals surface area contributed by atoms with Crippen LogP contribution in [0.25, 0.3) is 0 Å². The van der Waals surface area contributed by atoms with Gasteiger partial charge in [0.05, 0.1) is 5.00 Å². The maximum absolute atomic E-state index is 10.4. The van der Waals surface area contributed by atoms with Gasteiger partial charge in [-0.05, 0) is 30.5 Å². The molecular formula is C12H18N2O2S. The van der Waals surface area contributed by atoms with Crippen LogP contribution in [-0.4, -0.2) is 48.7 Å². The summed E-state index contributed by atoms with van der Waals surface area (Å²) in [6.45, 7) is 5.08. The molecule has 0 aromatic carbocycles. The molecule has 1 saturated heterocycles. The van der Waals surface area contributed by atoms with Crippen molar-refractivity contribution in [3.8, 4) is 0 Å². The largest absolute Gasteiger partial charge is 0.481 e. The molecule has 1 N–H and O–H groups in total. The minimum absolute atomic E-state index is 0.283. The van der Waals surface area contributed by atoms with E-state index in [1.54, 1.807) is 11.3 Å². The molecule has 1 aliphatic rings. The molecule has 0 aliphatic carbocycles. The lowest BCUT2D eigenvalue weighted by Gasteiger charge is -2.35. The molecule has 0 amide bonds. The van der Waals surface area contributed by atoms with Crippen molar-refractivity contribution in [3.05, 3.63) is 17.5 Å². The average Bonchev–Trinajstić information content (AvgIpc) is 2.83. The average molecular weight is 254 g/mol. The topological polar surface area (TPSA) is 43.8 Å². The van der Waals surface area contributed by atoms with Gasteiger partial charge < -0.3 is 10.0 Å². The van der Waals surface area contributed by atoms with Crippen LogP contribution in [0.15, 0.2) is 17.5 Å². The van der Waals surface area contributed by atoms with Gasteiger partial charge in [0.15, 0.2) is 0 Å². The van der Waals surface area contributed by atoms with E-state index < -0.39 is 5.97 Å². The number of anilines is 1. The molecule has 1 fully saturated rings. The zero-order valence-electron chi connectivity index (χ0n) is 9.84. The summed E-state index contributed by atoms with van der Waals surface area (Å²) in [6, 6.07) is 4.24. The Labute approximate surface area is 105 Å². The predicted octanol–water partition coefficient (Wildman–Crippen LogP) is 1.73. The van der Waals surface area contributed by atoms with Crippen molar-refractivity contribution >= 4 is 22.3 Å². The van der Waals surface area contributed by atoms with E-state index in [1.807, 2.05) is 0 Å². The van der Waals surface area contributed by atoms with Crippen LogP contribution in [0.2, 0.25) is 0 Å².